The van der Waals surface area contributed by atoms with Crippen molar-refractivity contribution in [3.8, 4) is 0 Å². The molecule has 112 valence electrons. The number of nitrogens with one attached hydrogen (secondary N) is 2. The number of aliphatic imine (C=N–C) groups is 1. The van der Waals surface area contributed by atoms with Gasteiger partial charge < -0.3 is 10.6 Å². The normalized spacial score (nSPS) is 15.4. The third-order valence-corrected chi connectivity index (χ3v) is 4.08. The van der Waals surface area contributed by atoms with Gasteiger partial charge in [-0.25, -0.2) is 8.42 Å². The number of benzene rings is 1. The van der Waals surface area contributed by atoms with Crippen molar-refractivity contribution in [2.75, 3.05) is 13.3 Å². The fourth-order valence-electron chi connectivity index (χ4n) is 1.66. The highest BCUT2D eigenvalue weighted by Crippen LogP contribution is 2.18. The lowest BCUT2D eigenvalue weighted by Gasteiger charge is -2.11. The number of hydrogen-bond donors (Lipinski definition) is 2. The third kappa shape index (κ3) is 5.28. The summed E-state index contributed by atoms with van der Waals surface area (Å²) in [6.45, 7) is 0.621. The number of rotatable bonds is 4. The monoisotopic (exact) mass is 409 g/mol. The molecule has 0 bridgehead atoms. The van der Waals surface area contributed by atoms with Gasteiger partial charge in [0.15, 0.2) is 15.8 Å². The number of nitrogens with zero attached hydrogens (tertiary/aromatic N) is 1. The van der Waals surface area contributed by atoms with Crippen molar-refractivity contribution in [1.29, 1.82) is 0 Å². The van der Waals surface area contributed by atoms with E-state index >= 15 is 0 Å². The maximum atomic E-state index is 11.3. The molecule has 0 saturated heterocycles. The Morgan fingerprint density at radius 2 is 1.90 bits per heavy atom. The maximum absolute atomic E-state index is 11.3. The minimum Gasteiger partial charge on any atom is -0.354 e. The fraction of sp³-hybridized carbons (Fsp3) is 0.462. The molecule has 0 spiro atoms. The van der Waals surface area contributed by atoms with E-state index < -0.39 is 9.84 Å². The molecule has 2 N–H and O–H groups in total. The van der Waals surface area contributed by atoms with Gasteiger partial charge in [-0.3, -0.25) is 4.99 Å². The van der Waals surface area contributed by atoms with Crippen LogP contribution in [0.5, 0.6) is 0 Å². The Balaban J connectivity index is 0.00000200. The topological polar surface area (TPSA) is 70.6 Å². The van der Waals surface area contributed by atoms with Gasteiger partial charge in [-0.2, -0.15) is 0 Å². The Hall–Kier alpha value is -0.830. The molecular weight excluding hydrogens is 389 g/mol. The van der Waals surface area contributed by atoms with E-state index in [4.69, 9.17) is 0 Å². The van der Waals surface area contributed by atoms with Crippen LogP contribution in [0.3, 0.4) is 0 Å². The molecule has 1 aliphatic rings. The summed E-state index contributed by atoms with van der Waals surface area (Å²) in [4.78, 5) is 4.48. The Kier molecular flexibility index (Phi) is 6.25. The summed E-state index contributed by atoms with van der Waals surface area (Å²) < 4.78 is 22.7. The summed E-state index contributed by atoms with van der Waals surface area (Å²) in [7, 11) is -1.38. The predicted molar refractivity (Wildman–Crippen MR) is 91.3 cm³/mol. The van der Waals surface area contributed by atoms with E-state index in [0.717, 1.165) is 11.5 Å². The zero-order chi connectivity index (χ0) is 13.9. The smallest absolute Gasteiger partial charge is 0.191 e. The fourth-order valence-corrected chi connectivity index (χ4v) is 2.29. The molecule has 0 heterocycles. The summed E-state index contributed by atoms with van der Waals surface area (Å²) in [6.07, 6.45) is 3.61. The zero-order valence-electron chi connectivity index (χ0n) is 11.6. The van der Waals surface area contributed by atoms with Crippen molar-refractivity contribution in [1.82, 2.24) is 10.6 Å². The van der Waals surface area contributed by atoms with E-state index in [-0.39, 0.29) is 24.0 Å². The van der Waals surface area contributed by atoms with Gasteiger partial charge >= 0.3 is 0 Å². The molecule has 1 saturated carbocycles. The highest BCUT2D eigenvalue weighted by Gasteiger charge is 2.21. The molecule has 2 rings (SSSR count). The van der Waals surface area contributed by atoms with E-state index in [1.807, 2.05) is 12.1 Å². The van der Waals surface area contributed by atoms with Crippen LogP contribution < -0.4 is 10.6 Å². The number of guanidine groups is 1. The average molecular weight is 409 g/mol. The molecule has 5 nitrogen and oxygen atoms in total. The zero-order valence-corrected chi connectivity index (χ0v) is 14.7. The first kappa shape index (κ1) is 17.2. The van der Waals surface area contributed by atoms with Gasteiger partial charge in [0.2, 0.25) is 0 Å². The summed E-state index contributed by atoms with van der Waals surface area (Å²) >= 11 is 0. The molecule has 0 unspecified atom stereocenters. The second-order valence-corrected chi connectivity index (χ2v) is 6.78. The number of hydrogen-bond acceptors (Lipinski definition) is 3. The predicted octanol–water partition coefficient (Wildman–Crippen LogP) is 1.54. The van der Waals surface area contributed by atoms with Crippen molar-refractivity contribution in [2.45, 2.75) is 30.3 Å². The molecule has 1 aromatic carbocycles. The minimum atomic E-state index is -3.12. The summed E-state index contributed by atoms with van der Waals surface area (Å²) in [6, 6.07) is 7.44. The first-order valence-corrected chi connectivity index (χ1v) is 8.14. The highest BCUT2D eigenvalue weighted by molar-refractivity contribution is 14.0. The van der Waals surface area contributed by atoms with E-state index in [9.17, 15) is 8.42 Å². The largest absolute Gasteiger partial charge is 0.354 e. The molecule has 7 heteroatoms. The molecule has 20 heavy (non-hydrogen) atoms. The molecular formula is C13H20IN3O2S. The molecule has 0 aromatic heterocycles. The van der Waals surface area contributed by atoms with Gasteiger partial charge in [0.05, 0.1) is 4.90 Å². The van der Waals surface area contributed by atoms with Crippen LogP contribution in [0.4, 0.5) is 0 Å². The lowest BCUT2D eigenvalue weighted by Crippen LogP contribution is -2.38. The molecule has 0 aliphatic heterocycles. The Morgan fingerprint density at radius 1 is 1.30 bits per heavy atom. The van der Waals surface area contributed by atoms with Gasteiger partial charge in [-0.05, 0) is 30.5 Å². The second kappa shape index (κ2) is 7.26. The maximum Gasteiger partial charge on any atom is 0.191 e. The molecule has 1 aliphatic carbocycles. The van der Waals surface area contributed by atoms with E-state index in [2.05, 4.69) is 15.6 Å². The van der Waals surface area contributed by atoms with Gasteiger partial charge in [0.25, 0.3) is 0 Å². The Labute approximate surface area is 137 Å². The van der Waals surface area contributed by atoms with Crippen molar-refractivity contribution in [3.63, 3.8) is 0 Å². The van der Waals surface area contributed by atoms with E-state index in [1.165, 1.54) is 19.1 Å². The molecule has 1 aromatic rings. The van der Waals surface area contributed by atoms with Crippen LogP contribution in [0.15, 0.2) is 34.2 Å². The summed E-state index contributed by atoms with van der Waals surface area (Å²) in [5.41, 5.74) is 1.02. The van der Waals surface area contributed by atoms with Crippen molar-refractivity contribution in [3.05, 3.63) is 29.8 Å². The van der Waals surface area contributed by atoms with Gasteiger partial charge in [0, 0.05) is 25.9 Å². The van der Waals surface area contributed by atoms with Crippen molar-refractivity contribution < 1.29 is 8.42 Å². The van der Waals surface area contributed by atoms with Crippen LogP contribution in [0, 0.1) is 0 Å². The summed E-state index contributed by atoms with van der Waals surface area (Å²) in [5, 5.41) is 6.49. The SMILES string of the molecule is CN=C(NCc1ccc(S(C)(=O)=O)cc1)NC1CC1.I. The van der Waals surface area contributed by atoms with Gasteiger partial charge in [-0.1, -0.05) is 12.1 Å². The minimum absolute atomic E-state index is 0. The molecule has 0 atom stereocenters. The van der Waals surface area contributed by atoms with Gasteiger partial charge in [-0.15, -0.1) is 24.0 Å². The lowest BCUT2D eigenvalue weighted by molar-refractivity contribution is 0.602. The highest BCUT2D eigenvalue weighted by atomic mass is 127. The first-order chi connectivity index (χ1) is 8.99. The Morgan fingerprint density at radius 3 is 2.35 bits per heavy atom. The second-order valence-electron chi connectivity index (χ2n) is 4.76. The van der Waals surface area contributed by atoms with Crippen LogP contribution in [-0.4, -0.2) is 33.7 Å². The Bertz CT molecular complexity index is 566. The average Bonchev–Trinajstić information content (AvgIpc) is 3.18. The van der Waals surface area contributed by atoms with E-state index in [0.29, 0.717) is 17.5 Å². The van der Waals surface area contributed by atoms with Crippen LogP contribution >= 0.6 is 24.0 Å². The third-order valence-electron chi connectivity index (χ3n) is 2.95. The number of halogens is 1. The standard InChI is InChI=1S/C13H19N3O2S.HI/c1-14-13(16-11-5-6-11)15-9-10-3-7-12(8-4-10)19(2,17)18;/h3-4,7-8,11H,5-6,9H2,1-2H3,(H2,14,15,16);1H. The molecule has 0 amide bonds. The number of sulfone groups is 1. The van der Waals surface area contributed by atoms with Gasteiger partial charge in [0.1, 0.15) is 0 Å². The van der Waals surface area contributed by atoms with Crippen LogP contribution in [0.2, 0.25) is 0 Å². The lowest BCUT2D eigenvalue weighted by atomic mass is 10.2. The quantitative estimate of drug-likeness (QED) is 0.450. The first-order valence-electron chi connectivity index (χ1n) is 6.25. The molecule has 1 fully saturated rings. The van der Waals surface area contributed by atoms with E-state index in [1.54, 1.807) is 19.2 Å². The summed E-state index contributed by atoms with van der Waals surface area (Å²) in [5.74, 6) is 0.787. The van der Waals surface area contributed by atoms with Crippen molar-refractivity contribution in [2.24, 2.45) is 4.99 Å². The molecule has 0 radical (unpaired) electrons. The van der Waals surface area contributed by atoms with Crippen molar-refractivity contribution >= 4 is 39.8 Å². The van der Waals surface area contributed by atoms with Crippen LogP contribution in [0.1, 0.15) is 18.4 Å². The van der Waals surface area contributed by atoms with Crippen LogP contribution in [0.25, 0.3) is 0 Å². The van der Waals surface area contributed by atoms with Crippen LogP contribution in [-0.2, 0) is 16.4 Å².